The lowest BCUT2D eigenvalue weighted by Crippen LogP contribution is -2.45. The highest BCUT2D eigenvalue weighted by Crippen LogP contribution is 2.33. The SMILES string of the molecule is C[C@](O)(CS(=O)(=O)c1ccc(N)cc1)C(=O)Nc1ccc(C#N)c(C(F)(F)F)c1. The summed E-state index contributed by atoms with van der Waals surface area (Å²) in [5.41, 5.74) is 1.08. The molecule has 0 aliphatic carbocycles. The Kier molecular flexibility index (Phi) is 5.91. The Morgan fingerprint density at radius 3 is 2.31 bits per heavy atom. The van der Waals surface area contributed by atoms with Crippen molar-refractivity contribution in [3.63, 3.8) is 0 Å². The molecular weight excluding hydrogens is 411 g/mol. The molecule has 29 heavy (non-hydrogen) atoms. The third-order valence-electron chi connectivity index (χ3n) is 3.90. The average Bonchev–Trinajstić information content (AvgIpc) is 2.60. The second kappa shape index (κ2) is 7.73. The lowest BCUT2D eigenvalue weighted by atomic mass is 10.1. The van der Waals surface area contributed by atoms with Crippen LogP contribution >= 0.6 is 0 Å². The van der Waals surface area contributed by atoms with E-state index in [1.54, 1.807) is 0 Å². The van der Waals surface area contributed by atoms with E-state index in [4.69, 9.17) is 11.0 Å². The average molecular weight is 427 g/mol. The van der Waals surface area contributed by atoms with Gasteiger partial charge in [0.15, 0.2) is 15.4 Å². The Morgan fingerprint density at radius 2 is 1.79 bits per heavy atom. The molecule has 0 fully saturated rings. The number of benzene rings is 2. The van der Waals surface area contributed by atoms with Gasteiger partial charge in [0.25, 0.3) is 5.91 Å². The number of hydrogen-bond donors (Lipinski definition) is 3. The number of rotatable bonds is 5. The highest BCUT2D eigenvalue weighted by atomic mass is 32.2. The number of amides is 1. The smallest absolute Gasteiger partial charge is 0.399 e. The van der Waals surface area contributed by atoms with Gasteiger partial charge >= 0.3 is 6.18 Å². The van der Waals surface area contributed by atoms with Crippen LogP contribution in [0.5, 0.6) is 0 Å². The molecule has 2 rings (SSSR count). The maximum absolute atomic E-state index is 13.0. The molecule has 0 saturated heterocycles. The van der Waals surface area contributed by atoms with Gasteiger partial charge in [0, 0.05) is 11.4 Å². The minimum Gasteiger partial charge on any atom is -0.399 e. The number of carbonyl (C=O) groups excluding carboxylic acids is 1. The van der Waals surface area contributed by atoms with Crippen LogP contribution in [0, 0.1) is 11.3 Å². The third kappa shape index (κ3) is 5.24. The monoisotopic (exact) mass is 427 g/mol. The third-order valence-corrected chi connectivity index (χ3v) is 5.84. The summed E-state index contributed by atoms with van der Waals surface area (Å²) in [7, 11) is -4.10. The first-order valence-electron chi connectivity index (χ1n) is 8.00. The topological polar surface area (TPSA) is 133 Å². The molecule has 2 aromatic rings. The molecule has 0 spiro atoms. The summed E-state index contributed by atoms with van der Waals surface area (Å²) in [6, 6.07) is 8.89. The summed E-state index contributed by atoms with van der Waals surface area (Å²) < 4.78 is 63.9. The van der Waals surface area contributed by atoms with Gasteiger partial charge in [-0.2, -0.15) is 18.4 Å². The Morgan fingerprint density at radius 1 is 1.21 bits per heavy atom. The lowest BCUT2D eigenvalue weighted by molar-refractivity contribution is -0.137. The van der Waals surface area contributed by atoms with Crippen LogP contribution in [-0.2, 0) is 20.8 Å². The number of sulfone groups is 1. The molecular formula is C18H16F3N3O4S. The molecule has 0 radical (unpaired) electrons. The fourth-order valence-corrected chi connectivity index (χ4v) is 4.00. The minimum atomic E-state index is -4.84. The zero-order valence-electron chi connectivity index (χ0n) is 15.0. The van der Waals surface area contributed by atoms with E-state index >= 15 is 0 Å². The predicted molar refractivity (Wildman–Crippen MR) is 98.3 cm³/mol. The number of nitrogens with zero attached hydrogens (tertiary/aromatic N) is 1. The quantitative estimate of drug-likeness (QED) is 0.627. The molecule has 1 atom stereocenters. The van der Waals surface area contributed by atoms with Crippen molar-refractivity contribution < 1.29 is 31.5 Å². The van der Waals surface area contributed by atoms with Crippen LogP contribution in [0.4, 0.5) is 24.5 Å². The van der Waals surface area contributed by atoms with E-state index in [0.29, 0.717) is 11.8 Å². The number of nitrogen functional groups attached to an aromatic ring is 1. The van der Waals surface area contributed by atoms with Gasteiger partial charge in [-0.15, -0.1) is 0 Å². The molecule has 0 aromatic heterocycles. The van der Waals surface area contributed by atoms with Gasteiger partial charge in [-0.25, -0.2) is 8.42 Å². The zero-order valence-corrected chi connectivity index (χ0v) is 15.8. The fourth-order valence-electron chi connectivity index (χ4n) is 2.41. The molecule has 4 N–H and O–H groups in total. The number of halogens is 3. The van der Waals surface area contributed by atoms with Crippen LogP contribution in [-0.4, -0.2) is 30.8 Å². The summed E-state index contributed by atoms with van der Waals surface area (Å²) in [4.78, 5) is 12.1. The van der Waals surface area contributed by atoms with Crippen molar-refractivity contribution in [2.24, 2.45) is 0 Å². The second-order valence-electron chi connectivity index (χ2n) is 6.43. The van der Waals surface area contributed by atoms with Gasteiger partial charge in [0.2, 0.25) is 0 Å². The van der Waals surface area contributed by atoms with E-state index in [9.17, 15) is 31.5 Å². The molecule has 0 bridgehead atoms. The van der Waals surface area contributed by atoms with Crippen LogP contribution in [0.3, 0.4) is 0 Å². The molecule has 0 heterocycles. The molecule has 0 aliphatic rings. The largest absolute Gasteiger partial charge is 0.417 e. The van der Waals surface area contributed by atoms with E-state index in [1.165, 1.54) is 30.3 Å². The highest BCUT2D eigenvalue weighted by Gasteiger charge is 2.38. The first kappa shape index (κ1) is 22.2. The number of anilines is 2. The normalized spacial score (nSPS) is 13.9. The van der Waals surface area contributed by atoms with Crippen molar-refractivity contribution in [1.82, 2.24) is 0 Å². The first-order chi connectivity index (χ1) is 13.3. The fraction of sp³-hybridized carbons (Fsp3) is 0.222. The Hall–Kier alpha value is -3.10. The molecule has 2 aromatic carbocycles. The van der Waals surface area contributed by atoms with Crippen molar-refractivity contribution in [3.05, 3.63) is 53.6 Å². The van der Waals surface area contributed by atoms with Crippen molar-refractivity contribution >= 4 is 27.1 Å². The minimum absolute atomic E-state index is 0.183. The number of nitrogens with one attached hydrogen (secondary N) is 1. The van der Waals surface area contributed by atoms with Crippen molar-refractivity contribution in [1.29, 1.82) is 5.26 Å². The zero-order chi connectivity index (χ0) is 22.0. The summed E-state index contributed by atoms with van der Waals surface area (Å²) in [5.74, 6) is -2.24. The number of alkyl halides is 3. The number of hydrogen-bond acceptors (Lipinski definition) is 6. The number of carbonyl (C=O) groups is 1. The molecule has 1 amide bonds. The highest BCUT2D eigenvalue weighted by molar-refractivity contribution is 7.91. The molecule has 0 unspecified atom stereocenters. The Balaban J connectivity index is 2.25. The Labute approximate surface area is 164 Å². The molecule has 0 saturated carbocycles. The van der Waals surface area contributed by atoms with E-state index in [-0.39, 0.29) is 10.6 Å². The summed E-state index contributed by atoms with van der Waals surface area (Å²) in [6.45, 7) is 0.922. The number of nitriles is 1. The van der Waals surface area contributed by atoms with E-state index in [1.807, 2.05) is 5.32 Å². The van der Waals surface area contributed by atoms with Gasteiger partial charge in [0.05, 0.1) is 27.8 Å². The molecule has 154 valence electrons. The summed E-state index contributed by atoms with van der Waals surface area (Å²) in [6.07, 6.45) is -4.84. The second-order valence-corrected chi connectivity index (χ2v) is 8.42. The Bertz CT molecular complexity index is 1070. The van der Waals surface area contributed by atoms with Crippen LogP contribution in [0.1, 0.15) is 18.1 Å². The van der Waals surface area contributed by atoms with Gasteiger partial charge in [-0.3, -0.25) is 4.79 Å². The van der Waals surface area contributed by atoms with Crippen molar-refractivity contribution in [2.75, 3.05) is 16.8 Å². The molecule has 7 nitrogen and oxygen atoms in total. The predicted octanol–water partition coefficient (Wildman–Crippen LogP) is 2.32. The van der Waals surface area contributed by atoms with E-state index in [2.05, 4.69) is 0 Å². The van der Waals surface area contributed by atoms with E-state index in [0.717, 1.165) is 19.1 Å². The summed E-state index contributed by atoms with van der Waals surface area (Å²) in [5, 5.41) is 21.2. The van der Waals surface area contributed by atoms with Gasteiger partial charge < -0.3 is 16.2 Å². The van der Waals surface area contributed by atoms with Crippen LogP contribution in [0.2, 0.25) is 0 Å². The standard InChI is InChI=1S/C18H16F3N3O4S/c1-17(26,10-29(27,28)14-6-3-12(23)4-7-14)16(25)24-13-5-2-11(9-22)15(8-13)18(19,20)21/h2-8,26H,10,23H2,1H3,(H,24,25)/t17-/m0/s1. The van der Waals surface area contributed by atoms with Crippen LogP contribution < -0.4 is 11.1 Å². The maximum atomic E-state index is 13.0. The lowest BCUT2D eigenvalue weighted by Gasteiger charge is -2.22. The first-order valence-corrected chi connectivity index (χ1v) is 9.65. The van der Waals surface area contributed by atoms with Gasteiger partial charge in [-0.1, -0.05) is 0 Å². The van der Waals surface area contributed by atoms with E-state index < -0.39 is 44.4 Å². The molecule has 0 aliphatic heterocycles. The van der Waals surface area contributed by atoms with Gasteiger partial charge in [-0.05, 0) is 49.4 Å². The maximum Gasteiger partial charge on any atom is 0.417 e. The molecule has 11 heteroatoms. The van der Waals surface area contributed by atoms with Crippen LogP contribution in [0.15, 0.2) is 47.4 Å². The number of nitrogens with two attached hydrogens (primary N) is 1. The summed E-state index contributed by atoms with van der Waals surface area (Å²) >= 11 is 0. The van der Waals surface area contributed by atoms with Crippen molar-refractivity contribution in [3.8, 4) is 6.07 Å². The number of aliphatic hydroxyl groups is 1. The van der Waals surface area contributed by atoms with Crippen molar-refractivity contribution in [2.45, 2.75) is 23.6 Å². The van der Waals surface area contributed by atoms with Gasteiger partial charge in [0.1, 0.15) is 0 Å². The van der Waals surface area contributed by atoms with Crippen LogP contribution in [0.25, 0.3) is 0 Å².